The van der Waals surface area contributed by atoms with E-state index in [9.17, 15) is 14.9 Å². The average Bonchev–Trinajstić information content (AvgIpc) is 3.32. The molecule has 36 heavy (non-hydrogen) atoms. The molecule has 1 atom stereocenters. The van der Waals surface area contributed by atoms with Crippen LogP contribution in [0.1, 0.15) is 17.0 Å². The molecule has 1 aliphatic heterocycles. The smallest absolute Gasteiger partial charge is 0.355 e. The van der Waals surface area contributed by atoms with E-state index in [1.807, 2.05) is 24.4 Å². The number of allylic oxidation sites excluding steroid dienone is 1. The summed E-state index contributed by atoms with van der Waals surface area (Å²) in [6, 6.07) is 18.2. The fraction of sp³-hybridized carbons (Fsp3) is 0.154. The zero-order chi connectivity index (χ0) is 25.8. The highest BCUT2D eigenvalue weighted by Crippen LogP contribution is 2.43. The maximum Gasteiger partial charge on any atom is 0.355 e. The summed E-state index contributed by atoms with van der Waals surface area (Å²) in [5, 5.41) is 14.4. The summed E-state index contributed by atoms with van der Waals surface area (Å²) in [6.45, 7) is 0.518. The lowest BCUT2D eigenvalue weighted by Crippen LogP contribution is -2.40. The van der Waals surface area contributed by atoms with Crippen molar-refractivity contribution in [3.63, 3.8) is 0 Å². The summed E-state index contributed by atoms with van der Waals surface area (Å²) in [5.74, 6) is -2.45. The molecule has 1 aliphatic rings. The first-order chi connectivity index (χ1) is 17.4. The first kappa shape index (κ1) is 24.8. The number of rotatable bonds is 6. The minimum absolute atomic E-state index is 0.0168. The van der Waals surface area contributed by atoms with E-state index >= 15 is 0 Å². The molecule has 0 aliphatic carbocycles. The summed E-state index contributed by atoms with van der Waals surface area (Å²) in [5.41, 5.74) is 8.50. The highest BCUT2D eigenvalue weighted by molar-refractivity contribution is 9.10. The summed E-state index contributed by atoms with van der Waals surface area (Å²) in [6.07, 6.45) is 3.55. The van der Waals surface area contributed by atoms with Gasteiger partial charge in [0.25, 0.3) is 0 Å². The minimum Gasteiger partial charge on any atom is -0.466 e. The molecule has 0 spiro atoms. The number of hydrogen-bond donors (Lipinski definition) is 1. The van der Waals surface area contributed by atoms with E-state index < -0.39 is 17.9 Å². The normalized spacial score (nSPS) is 15.5. The van der Waals surface area contributed by atoms with Crippen LogP contribution in [0.3, 0.4) is 0 Å². The molecule has 9 nitrogen and oxygen atoms in total. The number of nitrogens with two attached hydrogens (primary N) is 1. The Balaban J connectivity index is 1.88. The Labute approximate surface area is 216 Å². The second-order valence-electron chi connectivity index (χ2n) is 7.86. The molecule has 10 heteroatoms. The third kappa shape index (κ3) is 4.61. The van der Waals surface area contributed by atoms with Gasteiger partial charge in [-0.25, -0.2) is 9.59 Å². The van der Waals surface area contributed by atoms with Crippen LogP contribution in [-0.4, -0.2) is 35.9 Å². The molecule has 1 aromatic heterocycles. The number of nitrogens with zero attached hydrogens (tertiary/aromatic N) is 4. The third-order valence-corrected chi connectivity index (χ3v) is 6.16. The lowest BCUT2D eigenvalue weighted by molar-refractivity contribution is -0.139. The van der Waals surface area contributed by atoms with Crippen LogP contribution in [0.25, 0.3) is 0 Å². The zero-order valence-corrected chi connectivity index (χ0v) is 21.1. The van der Waals surface area contributed by atoms with Crippen molar-refractivity contribution in [1.29, 1.82) is 5.26 Å². The molecule has 182 valence electrons. The fourth-order valence-electron chi connectivity index (χ4n) is 4.14. The minimum atomic E-state index is -0.911. The van der Waals surface area contributed by atoms with Crippen molar-refractivity contribution < 1.29 is 19.1 Å². The second-order valence-corrected chi connectivity index (χ2v) is 8.77. The first-order valence-electron chi connectivity index (χ1n) is 10.8. The number of anilines is 1. The van der Waals surface area contributed by atoms with E-state index in [2.05, 4.69) is 27.1 Å². The average molecular weight is 548 g/mol. The van der Waals surface area contributed by atoms with E-state index in [0.29, 0.717) is 17.8 Å². The number of hydrogen-bond acceptors (Lipinski definition) is 8. The maximum absolute atomic E-state index is 13.1. The number of nitriles is 1. The number of halogens is 1. The molecular formula is C26H22BrN5O4. The molecule has 0 radical (unpaired) electrons. The predicted octanol–water partition coefficient (Wildman–Crippen LogP) is 3.59. The molecule has 4 rings (SSSR count). The Bertz CT molecular complexity index is 1400. The third-order valence-electron chi connectivity index (χ3n) is 5.75. The van der Waals surface area contributed by atoms with Crippen LogP contribution >= 0.6 is 15.9 Å². The molecule has 0 fully saturated rings. The molecule has 0 bridgehead atoms. The highest BCUT2D eigenvalue weighted by Gasteiger charge is 2.42. The van der Waals surface area contributed by atoms with Crippen molar-refractivity contribution in [3.8, 4) is 6.07 Å². The Morgan fingerprint density at radius 1 is 1.08 bits per heavy atom. The molecule has 2 N–H and O–H groups in total. The SMILES string of the molecule is COC(=O)C1=C(C(=O)OC)N(c2ccc(Cn3cc(Br)cn3)cc2)C(N)=C(C#N)C1c1ccccc1. The van der Waals surface area contributed by atoms with Gasteiger partial charge >= 0.3 is 11.9 Å². The van der Waals surface area contributed by atoms with Crippen molar-refractivity contribution in [1.82, 2.24) is 9.78 Å². The van der Waals surface area contributed by atoms with Crippen LogP contribution in [-0.2, 0) is 25.6 Å². The number of carbonyl (C=O) groups is 2. The van der Waals surface area contributed by atoms with Gasteiger partial charge in [-0.05, 0) is 39.2 Å². The van der Waals surface area contributed by atoms with Crippen molar-refractivity contribution in [2.75, 3.05) is 19.1 Å². The van der Waals surface area contributed by atoms with Crippen LogP contribution in [0.5, 0.6) is 0 Å². The number of benzene rings is 2. The molecule has 0 saturated carbocycles. The molecule has 1 unspecified atom stereocenters. The number of esters is 2. The Hall–Kier alpha value is -4.36. The number of ether oxygens (including phenoxy) is 2. The summed E-state index contributed by atoms with van der Waals surface area (Å²) in [7, 11) is 2.43. The Morgan fingerprint density at radius 3 is 2.31 bits per heavy atom. The Morgan fingerprint density at radius 2 is 1.75 bits per heavy atom. The van der Waals surface area contributed by atoms with Crippen molar-refractivity contribution in [2.24, 2.45) is 5.73 Å². The number of carbonyl (C=O) groups excluding carboxylic acids is 2. The summed E-state index contributed by atoms with van der Waals surface area (Å²) >= 11 is 3.38. The Kier molecular flexibility index (Phi) is 7.22. The van der Waals surface area contributed by atoms with Gasteiger partial charge in [-0.15, -0.1) is 0 Å². The van der Waals surface area contributed by atoms with Gasteiger partial charge < -0.3 is 15.2 Å². The topological polar surface area (TPSA) is 123 Å². The van der Waals surface area contributed by atoms with Crippen LogP contribution in [0.2, 0.25) is 0 Å². The van der Waals surface area contributed by atoms with Gasteiger partial charge in [0.15, 0.2) is 0 Å². The van der Waals surface area contributed by atoms with Gasteiger partial charge in [0.1, 0.15) is 11.5 Å². The largest absolute Gasteiger partial charge is 0.466 e. The van der Waals surface area contributed by atoms with Gasteiger partial charge in [0, 0.05) is 11.9 Å². The van der Waals surface area contributed by atoms with Gasteiger partial charge in [-0.1, -0.05) is 42.5 Å². The summed E-state index contributed by atoms with van der Waals surface area (Å²) in [4.78, 5) is 27.6. The fourth-order valence-corrected chi connectivity index (χ4v) is 4.47. The quantitative estimate of drug-likeness (QED) is 0.464. The van der Waals surface area contributed by atoms with Crippen LogP contribution < -0.4 is 10.6 Å². The van der Waals surface area contributed by atoms with Crippen LogP contribution in [0.4, 0.5) is 5.69 Å². The molecule has 0 saturated heterocycles. The lowest BCUT2D eigenvalue weighted by Gasteiger charge is -2.35. The summed E-state index contributed by atoms with van der Waals surface area (Å²) < 4.78 is 12.7. The monoisotopic (exact) mass is 547 g/mol. The van der Waals surface area contributed by atoms with Gasteiger partial charge in [0.05, 0.1) is 54.6 Å². The highest BCUT2D eigenvalue weighted by atomic mass is 79.9. The number of aromatic nitrogens is 2. The lowest BCUT2D eigenvalue weighted by atomic mass is 9.81. The zero-order valence-electron chi connectivity index (χ0n) is 19.5. The van der Waals surface area contributed by atoms with E-state index in [1.54, 1.807) is 47.3 Å². The van der Waals surface area contributed by atoms with Crippen molar-refractivity contribution >= 4 is 33.6 Å². The van der Waals surface area contributed by atoms with Gasteiger partial charge in [0.2, 0.25) is 0 Å². The maximum atomic E-state index is 13.1. The molecular weight excluding hydrogens is 526 g/mol. The van der Waals surface area contributed by atoms with Crippen LogP contribution in [0.15, 0.2) is 94.1 Å². The second kappa shape index (κ2) is 10.5. The van der Waals surface area contributed by atoms with E-state index in [1.165, 1.54) is 19.1 Å². The molecule has 2 heterocycles. The van der Waals surface area contributed by atoms with Gasteiger partial charge in [-0.2, -0.15) is 10.4 Å². The van der Waals surface area contributed by atoms with Gasteiger partial charge in [-0.3, -0.25) is 9.58 Å². The first-order valence-corrected chi connectivity index (χ1v) is 11.6. The number of methoxy groups -OCH3 is 2. The van der Waals surface area contributed by atoms with E-state index in [4.69, 9.17) is 15.2 Å². The van der Waals surface area contributed by atoms with E-state index in [-0.39, 0.29) is 22.7 Å². The molecule has 0 amide bonds. The van der Waals surface area contributed by atoms with Crippen LogP contribution in [0, 0.1) is 11.3 Å². The van der Waals surface area contributed by atoms with E-state index in [0.717, 1.165) is 10.0 Å². The standard InChI is InChI=1S/C26H22BrN5O4/c1-35-25(33)22-21(17-6-4-3-5-7-17)20(12-28)24(29)32(23(22)26(34)36-2)19-10-8-16(9-11-19)14-31-15-18(27)13-30-31/h3-11,13,15,21H,14,29H2,1-2H3. The molecule has 3 aromatic rings. The van der Waals surface area contributed by atoms with Crippen molar-refractivity contribution in [2.45, 2.75) is 12.5 Å². The van der Waals surface area contributed by atoms with Crippen molar-refractivity contribution in [3.05, 3.63) is 105 Å². The molecule has 2 aromatic carbocycles. The predicted molar refractivity (Wildman–Crippen MR) is 135 cm³/mol.